The predicted molar refractivity (Wildman–Crippen MR) is 141 cm³/mol. The molecule has 1 N–H and O–H groups in total. The van der Waals surface area contributed by atoms with Crippen molar-refractivity contribution >= 4 is 35.1 Å². The van der Waals surface area contributed by atoms with E-state index in [4.69, 9.17) is 4.74 Å². The van der Waals surface area contributed by atoms with E-state index >= 15 is 0 Å². The van der Waals surface area contributed by atoms with Gasteiger partial charge in [-0.3, -0.25) is 19.3 Å². The van der Waals surface area contributed by atoms with E-state index in [9.17, 15) is 19.2 Å². The topological polar surface area (TPSA) is 92.8 Å². The summed E-state index contributed by atoms with van der Waals surface area (Å²) < 4.78 is 5.15. The summed E-state index contributed by atoms with van der Waals surface area (Å²) in [6.07, 6.45) is 1.85. The van der Waals surface area contributed by atoms with E-state index in [2.05, 4.69) is 17.4 Å². The molecule has 0 unspecified atom stereocenters. The summed E-state index contributed by atoms with van der Waals surface area (Å²) in [5.41, 5.74) is 3.57. The van der Waals surface area contributed by atoms with Crippen LogP contribution in [0.5, 0.6) is 0 Å². The third-order valence-electron chi connectivity index (χ3n) is 8.24. The molecule has 7 nitrogen and oxygen atoms in total. The van der Waals surface area contributed by atoms with Gasteiger partial charge in [0.2, 0.25) is 11.8 Å². The van der Waals surface area contributed by atoms with E-state index in [-0.39, 0.29) is 41.0 Å². The number of nitrogens with zero attached hydrogens (tertiary/aromatic N) is 1. The molecule has 7 heteroatoms. The van der Waals surface area contributed by atoms with Crippen LogP contribution < -0.4 is 10.2 Å². The number of esters is 1. The first-order valence-corrected chi connectivity index (χ1v) is 13.0. The van der Waals surface area contributed by atoms with E-state index in [0.29, 0.717) is 17.3 Å². The van der Waals surface area contributed by atoms with Crippen molar-refractivity contribution in [2.75, 3.05) is 16.8 Å². The summed E-state index contributed by atoms with van der Waals surface area (Å²) >= 11 is 0. The second-order valence-corrected chi connectivity index (χ2v) is 10.5. The van der Waals surface area contributed by atoms with Crippen LogP contribution in [0.2, 0.25) is 0 Å². The standard InChI is InChI=1S/C31H28N2O5/c1-18-6-5-9-22(14-18)32-26(34)17-38-31(37)20-10-12-23(13-11-20)33-29(35)27-21-15-24(19-7-3-2-4-8-19)25(16-21)28(27)30(33)36/h2-14,21,24-25,27-28H,15-17H2,1H3,(H,32,34)/t21-,24-,25+,27+,28+/m0/s1. The molecule has 1 aliphatic heterocycles. The SMILES string of the molecule is Cc1cccc(NC(=O)COC(=O)c2ccc(N3C(=O)[C@@H]4[C@@H]5C[C@@H]([C@H]4C3=O)[C@H](c3ccccc3)C5)cc2)c1. The maximum atomic E-state index is 13.5. The van der Waals surface area contributed by atoms with Crippen LogP contribution in [0.4, 0.5) is 11.4 Å². The van der Waals surface area contributed by atoms with E-state index in [1.807, 2.05) is 43.3 Å². The number of imide groups is 1. The first-order chi connectivity index (χ1) is 18.4. The smallest absolute Gasteiger partial charge is 0.338 e. The number of carbonyl (C=O) groups excluding carboxylic acids is 4. The van der Waals surface area contributed by atoms with Gasteiger partial charge in [0.15, 0.2) is 6.61 Å². The molecule has 0 radical (unpaired) electrons. The third-order valence-corrected chi connectivity index (χ3v) is 8.24. The Bertz CT molecular complexity index is 1420. The van der Waals surface area contributed by atoms with Crippen molar-refractivity contribution in [3.8, 4) is 0 Å². The lowest BCUT2D eigenvalue weighted by atomic mass is 9.73. The molecule has 5 atom stereocenters. The van der Waals surface area contributed by atoms with Gasteiger partial charge in [-0.2, -0.15) is 0 Å². The van der Waals surface area contributed by atoms with E-state index in [1.54, 1.807) is 18.2 Å². The number of rotatable bonds is 6. The minimum atomic E-state index is -0.657. The highest BCUT2D eigenvalue weighted by Crippen LogP contribution is 2.61. The van der Waals surface area contributed by atoms with Crippen LogP contribution in [0.15, 0.2) is 78.9 Å². The second-order valence-electron chi connectivity index (χ2n) is 10.5. The largest absolute Gasteiger partial charge is 0.452 e. The zero-order valence-corrected chi connectivity index (χ0v) is 21.0. The predicted octanol–water partition coefficient (Wildman–Crippen LogP) is 4.72. The Morgan fingerprint density at radius 3 is 2.37 bits per heavy atom. The number of aryl methyl sites for hydroxylation is 1. The fourth-order valence-corrected chi connectivity index (χ4v) is 6.68. The van der Waals surface area contributed by atoms with Crippen LogP contribution in [0.25, 0.3) is 0 Å². The number of fused-ring (bicyclic) bond motifs is 5. The summed E-state index contributed by atoms with van der Waals surface area (Å²) in [4.78, 5) is 52.8. The van der Waals surface area contributed by atoms with Crippen molar-refractivity contribution in [3.05, 3.63) is 95.6 Å². The summed E-state index contributed by atoms with van der Waals surface area (Å²) in [5.74, 6) is -1.23. The summed E-state index contributed by atoms with van der Waals surface area (Å²) in [6, 6.07) is 23.8. The average molecular weight is 509 g/mol. The lowest BCUT2D eigenvalue weighted by Crippen LogP contribution is -2.33. The first kappa shape index (κ1) is 24.1. The van der Waals surface area contributed by atoms with Crippen LogP contribution in [-0.4, -0.2) is 30.3 Å². The Balaban J connectivity index is 1.10. The zero-order valence-electron chi connectivity index (χ0n) is 21.0. The van der Waals surface area contributed by atoms with Gasteiger partial charge < -0.3 is 10.1 Å². The Labute approximate surface area is 220 Å². The van der Waals surface area contributed by atoms with Crippen molar-refractivity contribution < 1.29 is 23.9 Å². The Hall–Kier alpha value is -4.26. The third kappa shape index (κ3) is 4.18. The number of ether oxygens (including phenoxy) is 1. The Morgan fingerprint density at radius 2 is 1.63 bits per heavy atom. The van der Waals surface area contributed by atoms with Gasteiger partial charge in [-0.05, 0) is 85.0 Å². The van der Waals surface area contributed by atoms with Gasteiger partial charge in [0, 0.05) is 5.69 Å². The highest BCUT2D eigenvalue weighted by molar-refractivity contribution is 6.22. The van der Waals surface area contributed by atoms with Crippen molar-refractivity contribution in [1.29, 1.82) is 0 Å². The molecule has 3 aliphatic rings. The molecule has 38 heavy (non-hydrogen) atoms. The van der Waals surface area contributed by atoms with Gasteiger partial charge in [-0.15, -0.1) is 0 Å². The van der Waals surface area contributed by atoms with E-state index in [1.165, 1.54) is 22.6 Å². The van der Waals surface area contributed by atoms with Gasteiger partial charge in [0.1, 0.15) is 0 Å². The van der Waals surface area contributed by atoms with Crippen LogP contribution in [-0.2, 0) is 19.1 Å². The molecule has 3 aromatic carbocycles. The van der Waals surface area contributed by atoms with Crippen LogP contribution in [0.1, 0.15) is 40.2 Å². The van der Waals surface area contributed by atoms with Gasteiger partial charge >= 0.3 is 5.97 Å². The molecule has 192 valence electrons. The summed E-state index contributed by atoms with van der Waals surface area (Å²) in [7, 11) is 0. The zero-order chi connectivity index (χ0) is 26.4. The molecule has 3 aromatic rings. The molecule has 3 fully saturated rings. The molecule has 1 heterocycles. The molecule has 0 spiro atoms. The second kappa shape index (κ2) is 9.56. The number of amides is 3. The highest BCUT2D eigenvalue weighted by Gasteiger charge is 2.64. The molecule has 2 aliphatic carbocycles. The number of hydrogen-bond acceptors (Lipinski definition) is 5. The van der Waals surface area contributed by atoms with E-state index in [0.717, 1.165) is 18.4 Å². The molecule has 6 rings (SSSR count). The van der Waals surface area contributed by atoms with Gasteiger partial charge in [0.25, 0.3) is 5.91 Å². The van der Waals surface area contributed by atoms with Crippen molar-refractivity contribution in [2.45, 2.75) is 25.7 Å². The molecule has 2 saturated carbocycles. The molecular weight excluding hydrogens is 480 g/mol. The normalized spacial score (nSPS) is 25.4. The number of hydrogen-bond donors (Lipinski definition) is 1. The monoisotopic (exact) mass is 508 g/mol. The quantitative estimate of drug-likeness (QED) is 0.384. The Morgan fingerprint density at radius 1 is 0.895 bits per heavy atom. The van der Waals surface area contributed by atoms with Crippen molar-refractivity contribution in [2.24, 2.45) is 23.7 Å². The highest BCUT2D eigenvalue weighted by atomic mass is 16.5. The fraction of sp³-hybridized carbons (Fsp3) is 0.290. The molecule has 2 bridgehead atoms. The van der Waals surface area contributed by atoms with Gasteiger partial charge in [-0.25, -0.2) is 4.79 Å². The number of benzene rings is 3. The summed E-state index contributed by atoms with van der Waals surface area (Å²) in [6.45, 7) is 1.49. The maximum Gasteiger partial charge on any atom is 0.338 e. The van der Waals surface area contributed by atoms with Crippen molar-refractivity contribution in [1.82, 2.24) is 0 Å². The molecule has 3 amide bonds. The van der Waals surface area contributed by atoms with Crippen LogP contribution in [0, 0.1) is 30.6 Å². The molecule has 0 aromatic heterocycles. The first-order valence-electron chi connectivity index (χ1n) is 13.0. The summed E-state index contributed by atoms with van der Waals surface area (Å²) in [5, 5.41) is 2.69. The molecular formula is C31H28N2O5. The van der Waals surface area contributed by atoms with E-state index < -0.39 is 18.5 Å². The fourth-order valence-electron chi connectivity index (χ4n) is 6.68. The molecule has 1 saturated heterocycles. The Kier molecular flexibility index (Phi) is 6.06. The minimum Gasteiger partial charge on any atom is -0.452 e. The van der Waals surface area contributed by atoms with Crippen LogP contribution >= 0.6 is 0 Å². The lowest BCUT2D eigenvalue weighted by molar-refractivity contribution is -0.123. The number of carbonyl (C=O) groups is 4. The minimum absolute atomic E-state index is 0.137. The van der Waals surface area contributed by atoms with Gasteiger partial charge in [-0.1, -0.05) is 42.5 Å². The number of nitrogens with one attached hydrogen (secondary N) is 1. The van der Waals surface area contributed by atoms with Crippen LogP contribution in [0.3, 0.4) is 0 Å². The lowest BCUT2D eigenvalue weighted by Gasteiger charge is -2.28. The number of anilines is 2. The average Bonchev–Trinajstić information content (AvgIpc) is 3.59. The van der Waals surface area contributed by atoms with Crippen molar-refractivity contribution in [3.63, 3.8) is 0 Å². The maximum absolute atomic E-state index is 13.5. The van der Waals surface area contributed by atoms with Gasteiger partial charge in [0.05, 0.1) is 23.1 Å².